The van der Waals surface area contributed by atoms with Crippen molar-refractivity contribution in [3.63, 3.8) is 0 Å². The predicted octanol–water partition coefficient (Wildman–Crippen LogP) is 2.28. The first kappa shape index (κ1) is 22.4. The zero-order valence-corrected chi connectivity index (χ0v) is 18.2. The molecule has 28 heavy (non-hydrogen) atoms. The lowest BCUT2D eigenvalue weighted by molar-refractivity contribution is -0.0125. The van der Waals surface area contributed by atoms with Crippen LogP contribution in [0.1, 0.15) is 33.6 Å². The molecule has 3 N–H and O–H groups in total. The van der Waals surface area contributed by atoms with Gasteiger partial charge in [-0.2, -0.15) is 0 Å². The highest BCUT2D eigenvalue weighted by Gasteiger charge is 2.60. The Labute approximate surface area is 168 Å². The zero-order valence-electron chi connectivity index (χ0n) is 17.3. The maximum absolute atomic E-state index is 11.9. The number of nitrogens with zero attached hydrogens (tertiary/aromatic N) is 1. The third-order valence-electron chi connectivity index (χ3n) is 7.49. The molecule has 2 aliphatic carbocycles. The summed E-state index contributed by atoms with van der Waals surface area (Å²) in [6.07, 6.45) is 1.31. The maximum atomic E-state index is 11.9. The van der Waals surface area contributed by atoms with Crippen molar-refractivity contribution in [1.29, 1.82) is 0 Å². The minimum atomic E-state index is -4.22. The van der Waals surface area contributed by atoms with E-state index in [0.717, 1.165) is 19.0 Å². The van der Waals surface area contributed by atoms with Crippen molar-refractivity contribution in [2.45, 2.75) is 39.7 Å². The second-order valence-electron chi connectivity index (χ2n) is 9.37. The van der Waals surface area contributed by atoms with Crippen LogP contribution < -0.4 is 0 Å². The SMILES string of the molecule is C=C1[C@@H]2CN(CCOP(=O)(O)OC[C@H](O)CO)C[C@H]3[C@@H]2[C@@H](C(C)C)CC[C@@]13C. The maximum Gasteiger partial charge on any atom is 0.472 e. The van der Waals surface area contributed by atoms with Crippen molar-refractivity contribution < 1.29 is 28.7 Å². The minimum Gasteiger partial charge on any atom is -0.394 e. The highest BCUT2D eigenvalue weighted by atomic mass is 31.2. The van der Waals surface area contributed by atoms with Crippen molar-refractivity contribution in [3.05, 3.63) is 12.2 Å². The summed E-state index contributed by atoms with van der Waals surface area (Å²) in [5.41, 5.74) is 1.62. The molecule has 1 aliphatic heterocycles. The van der Waals surface area contributed by atoms with Crippen LogP contribution in [0.15, 0.2) is 12.2 Å². The smallest absolute Gasteiger partial charge is 0.394 e. The van der Waals surface area contributed by atoms with Crippen molar-refractivity contribution in [3.8, 4) is 0 Å². The van der Waals surface area contributed by atoms with Gasteiger partial charge in [0.2, 0.25) is 0 Å². The Balaban J connectivity index is 1.55. The fraction of sp³-hybridized carbons (Fsp3) is 0.900. The highest BCUT2D eigenvalue weighted by Crippen LogP contribution is 2.65. The quantitative estimate of drug-likeness (QED) is 0.391. The average molecular weight is 417 g/mol. The molecule has 3 fully saturated rings. The van der Waals surface area contributed by atoms with Gasteiger partial charge in [-0.3, -0.25) is 9.05 Å². The Morgan fingerprint density at radius 1 is 1.36 bits per heavy atom. The summed E-state index contributed by atoms with van der Waals surface area (Å²) in [5, 5.41) is 18.0. The molecule has 1 saturated heterocycles. The van der Waals surface area contributed by atoms with Crippen LogP contribution in [0.2, 0.25) is 0 Å². The molecule has 0 radical (unpaired) electrons. The van der Waals surface area contributed by atoms with Gasteiger partial charge in [-0.15, -0.1) is 0 Å². The molecule has 3 aliphatic rings. The summed E-state index contributed by atoms with van der Waals surface area (Å²) < 4.78 is 21.6. The van der Waals surface area contributed by atoms with Gasteiger partial charge in [-0.1, -0.05) is 32.9 Å². The van der Waals surface area contributed by atoms with E-state index in [0.29, 0.717) is 30.2 Å². The van der Waals surface area contributed by atoms with Gasteiger partial charge in [0.1, 0.15) is 6.10 Å². The van der Waals surface area contributed by atoms with E-state index in [1.165, 1.54) is 18.4 Å². The fourth-order valence-corrected chi connectivity index (χ4v) is 6.65. The van der Waals surface area contributed by atoms with Gasteiger partial charge in [0.25, 0.3) is 0 Å². The van der Waals surface area contributed by atoms with Gasteiger partial charge >= 0.3 is 7.82 Å². The number of hydrogen-bond acceptors (Lipinski definition) is 6. The van der Waals surface area contributed by atoms with Crippen LogP contribution in [0.3, 0.4) is 0 Å². The Hall–Kier alpha value is -0.270. The topological polar surface area (TPSA) is 99.5 Å². The second kappa shape index (κ2) is 8.46. The molecule has 7 nitrogen and oxygen atoms in total. The van der Waals surface area contributed by atoms with Crippen LogP contribution in [0.25, 0.3) is 0 Å². The fourth-order valence-electron chi connectivity index (χ4n) is 5.90. The van der Waals surface area contributed by atoms with Gasteiger partial charge in [-0.25, -0.2) is 4.57 Å². The third kappa shape index (κ3) is 4.27. The molecule has 4 bridgehead atoms. The van der Waals surface area contributed by atoms with Crippen molar-refractivity contribution in [2.24, 2.45) is 35.0 Å². The molecule has 3 rings (SSSR count). The average Bonchev–Trinajstić information content (AvgIpc) is 2.74. The predicted molar refractivity (Wildman–Crippen MR) is 107 cm³/mol. The Morgan fingerprint density at radius 2 is 2.07 bits per heavy atom. The first-order valence-corrected chi connectivity index (χ1v) is 11.9. The normalized spacial score (nSPS) is 38.6. The molecule has 8 heteroatoms. The largest absolute Gasteiger partial charge is 0.472 e. The van der Waals surface area contributed by atoms with Crippen molar-refractivity contribution in [2.75, 3.05) is 39.5 Å². The van der Waals surface area contributed by atoms with Gasteiger partial charge in [-0.05, 0) is 47.8 Å². The summed E-state index contributed by atoms with van der Waals surface area (Å²) in [7, 11) is -4.22. The van der Waals surface area contributed by atoms with Crippen LogP contribution in [0.4, 0.5) is 0 Å². The molecule has 0 aromatic carbocycles. The summed E-state index contributed by atoms with van der Waals surface area (Å²) in [5.74, 6) is 3.24. The second-order valence-corrected chi connectivity index (χ2v) is 10.8. The van der Waals surface area contributed by atoms with Gasteiger partial charge < -0.3 is 20.0 Å². The van der Waals surface area contributed by atoms with E-state index in [2.05, 4.69) is 32.3 Å². The van der Waals surface area contributed by atoms with Crippen LogP contribution in [-0.4, -0.2) is 65.6 Å². The summed E-state index contributed by atoms with van der Waals surface area (Å²) in [4.78, 5) is 12.0. The third-order valence-corrected chi connectivity index (χ3v) is 8.47. The highest BCUT2D eigenvalue weighted by molar-refractivity contribution is 7.47. The molecule has 7 atom stereocenters. The van der Waals surface area contributed by atoms with E-state index in [-0.39, 0.29) is 12.0 Å². The zero-order chi connectivity index (χ0) is 20.7. The lowest BCUT2D eigenvalue weighted by atomic mass is 9.60. The van der Waals surface area contributed by atoms with Gasteiger partial charge in [0.05, 0.1) is 19.8 Å². The Morgan fingerprint density at radius 3 is 2.71 bits per heavy atom. The number of phosphoric acid groups is 1. The number of aliphatic hydroxyl groups is 2. The molecule has 1 heterocycles. The Kier molecular flexibility index (Phi) is 6.77. The summed E-state index contributed by atoms with van der Waals surface area (Å²) >= 11 is 0. The lowest BCUT2D eigenvalue weighted by Crippen LogP contribution is -2.50. The molecule has 1 unspecified atom stereocenters. The molecular weight excluding hydrogens is 381 g/mol. The van der Waals surface area contributed by atoms with Crippen LogP contribution in [-0.2, 0) is 13.6 Å². The van der Waals surface area contributed by atoms with Gasteiger partial charge in [0, 0.05) is 19.6 Å². The molecule has 0 aromatic rings. The lowest BCUT2D eigenvalue weighted by Gasteiger charge is -2.49. The molecule has 0 amide bonds. The van der Waals surface area contributed by atoms with E-state index in [1.807, 2.05) is 0 Å². The van der Waals surface area contributed by atoms with E-state index < -0.39 is 27.1 Å². The molecule has 162 valence electrons. The van der Waals surface area contributed by atoms with E-state index in [9.17, 15) is 14.6 Å². The number of piperidine rings is 1. The molecule has 0 aromatic heterocycles. The van der Waals surface area contributed by atoms with Crippen molar-refractivity contribution >= 4 is 7.82 Å². The minimum absolute atomic E-state index is 0.0872. The van der Waals surface area contributed by atoms with Gasteiger partial charge in [0.15, 0.2) is 0 Å². The number of rotatable bonds is 9. The van der Waals surface area contributed by atoms with Crippen molar-refractivity contribution in [1.82, 2.24) is 4.90 Å². The van der Waals surface area contributed by atoms with Crippen LogP contribution >= 0.6 is 7.82 Å². The summed E-state index contributed by atoms with van der Waals surface area (Å²) in [6.45, 7) is 13.1. The molecule has 2 saturated carbocycles. The first-order chi connectivity index (χ1) is 13.1. The molecule has 0 spiro atoms. The van der Waals surface area contributed by atoms with Crippen LogP contribution in [0, 0.1) is 35.0 Å². The van der Waals surface area contributed by atoms with E-state index in [4.69, 9.17) is 14.2 Å². The van der Waals surface area contributed by atoms with E-state index >= 15 is 0 Å². The number of aliphatic hydroxyl groups excluding tert-OH is 2. The standard InChI is InChI=1S/C20H36NO6P/c1-13(2)16-5-6-20(4)14(3)17-9-21(10-18(20)19(16)17)7-8-26-28(24,25)27-12-15(23)11-22/h13,15-19,22-23H,3,5-12H2,1-2,4H3,(H,24,25)/t15-,16-,17+,18+,19-,20+/m1/s1. The Bertz CT molecular complexity index is 628. The summed E-state index contributed by atoms with van der Waals surface area (Å²) in [6, 6.07) is 0. The number of phosphoric ester groups is 1. The number of likely N-dealkylation sites (tertiary alicyclic amines) is 1. The molecular formula is C20H36NO6P. The first-order valence-electron chi connectivity index (χ1n) is 10.4. The van der Waals surface area contributed by atoms with E-state index in [1.54, 1.807) is 0 Å². The number of hydrogen-bond donors (Lipinski definition) is 3. The monoisotopic (exact) mass is 417 g/mol. The van der Waals surface area contributed by atoms with Crippen LogP contribution in [0.5, 0.6) is 0 Å².